The lowest BCUT2D eigenvalue weighted by Crippen LogP contribution is -2.26. The minimum absolute atomic E-state index is 0.00967. The number of hydrogen-bond donors (Lipinski definition) is 3. The fraction of sp³-hybridized carbons (Fsp3) is 0.500. The summed E-state index contributed by atoms with van der Waals surface area (Å²) in [5.74, 6) is 0.288. The molecule has 4 nitrogen and oxygen atoms in total. The fourth-order valence-corrected chi connectivity index (χ4v) is 1.70. The molecule has 1 aromatic carbocycles. The first kappa shape index (κ1) is 14.5. The number of nitrogens with two attached hydrogens (primary N) is 1. The Kier molecular flexibility index (Phi) is 6.22. The van der Waals surface area contributed by atoms with E-state index in [0.29, 0.717) is 24.6 Å². The molecule has 0 aliphatic rings. The molecule has 0 heterocycles. The molecule has 0 saturated carbocycles. The van der Waals surface area contributed by atoms with Crippen molar-refractivity contribution in [2.45, 2.75) is 26.2 Å². The van der Waals surface area contributed by atoms with E-state index in [1.54, 1.807) is 6.07 Å². The molecule has 0 fully saturated rings. The van der Waals surface area contributed by atoms with E-state index in [2.05, 4.69) is 5.32 Å². The molecule has 4 N–H and O–H groups in total. The summed E-state index contributed by atoms with van der Waals surface area (Å²) in [5.41, 5.74) is 7.29. The molecule has 18 heavy (non-hydrogen) atoms. The van der Waals surface area contributed by atoms with Crippen molar-refractivity contribution in [3.8, 4) is 0 Å². The van der Waals surface area contributed by atoms with Gasteiger partial charge in [0, 0.05) is 18.8 Å². The molecule has 1 unspecified atom stereocenters. The number of anilines is 1. The van der Waals surface area contributed by atoms with Gasteiger partial charge in [-0.15, -0.1) is 0 Å². The van der Waals surface area contributed by atoms with Crippen molar-refractivity contribution in [3.05, 3.63) is 29.8 Å². The molecule has 1 aromatic rings. The van der Waals surface area contributed by atoms with E-state index in [4.69, 9.17) is 10.8 Å². The maximum atomic E-state index is 11.7. The highest BCUT2D eigenvalue weighted by Gasteiger charge is 2.05. The maximum Gasteiger partial charge on any atom is 0.224 e. The number of carbonyl (C=O) groups is 1. The summed E-state index contributed by atoms with van der Waals surface area (Å²) in [5, 5.41) is 11.7. The molecule has 0 aromatic heterocycles. The minimum Gasteiger partial charge on any atom is -0.398 e. The van der Waals surface area contributed by atoms with Crippen LogP contribution in [0.5, 0.6) is 0 Å². The fourth-order valence-electron chi connectivity index (χ4n) is 1.70. The highest BCUT2D eigenvalue weighted by Crippen LogP contribution is 2.10. The lowest BCUT2D eigenvalue weighted by atomic mass is 10.1. The summed E-state index contributed by atoms with van der Waals surface area (Å²) in [6, 6.07) is 7.39. The summed E-state index contributed by atoms with van der Waals surface area (Å²) >= 11 is 0. The Hall–Kier alpha value is -1.55. The zero-order valence-corrected chi connectivity index (χ0v) is 10.9. The molecule has 0 spiro atoms. The van der Waals surface area contributed by atoms with Gasteiger partial charge in [-0.25, -0.2) is 0 Å². The average Bonchev–Trinajstić information content (AvgIpc) is 2.37. The van der Waals surface area contributed by atoms with Crippen LogP contribution < -0.4 is 11.1 Å². The van der Waals surface area contributed by atoms with Crippen molar-refractivity contribution in [1.82, 2.24) is 5.32 Å². The highest BCUT2D eigenvalue weighted by molar-refractivity contribution is 5.80. The Labute approximate surface area is 108 Å². The van der Waals surface area contributed by atoms with E-state index in [-0.39, 0.29) is 12.5 Å². The second-order valence-corrected chi connectivity index (χ2v) is 4.66. The predicted molar refractivity (Wildman–Crippen MR) is 73.1 cm³/mol. The zero-order chi connectivity index (χ0) is 13.4. The molecule has 0 bridgehead atoms. The third kappa shape index (κ3) is 5.19. The number of rotatable bonds is 7. The normalized spacial score (nSPS) is 12.1. The van der Waals surface area contributed by atoms with Gasteiger partial charge in [-0.05, 0) is 30.4 Å². The standard InChI is InChI=1S/C14H22N2O2/c1-11(10-17)5-4-8-16-14(18)9-12-6-2-3-7-13(12)15/h2-3,6-7,11,17H,4-5,8-10,15H2,1H3,(H,16,18). The van der Waals surface area contributed by atoms with Crippen molar-refractivity contribution in [2.24, 2.45) is 5.92 Å². The highest BCUT2D eigenvalue weighted by atomic mass is 16.3. The lowest BCUT2D eigenvalue weighted by Gasteiger charge is -2.09. The SMILES string of the molecule is CC(CO)CCCNC(=O)Cc1ccccc1N. The van der Waals surface area contributed by atoms with E-state index in [0.717, 1.165) is 18.4 Å². The maximum absolute atomic E-state index is 11.7. The largest absolute Gasteiger partial charge is 0.398 e. The van der Waals surface area contributed by atoms with Crippen LogP contribution in [0.1, 0.15) is 25.3 Å². The Morgan fingerprint density at radius 3 is 2.83 bits per heavy atom. The molecule has 0 radical (unpaired) electrons. The molecule has 4 heteroatoms. The van der Waals surface area contributed by atoms with Crippen molar-refractivity contribution in [2.75, 3.05) is 18.9 Å². The molecule has 0 saturated heterocycles. The number of benzene rings is 1. The second kappa shape index (κ2) is 7.71. The molecule has 1 atom stereocenters. The van der Waals surface area contributed by atoms with Gasteiger partial charge in [0.05, 0.1) is 6.42 Å². The van der Waals surface area contributed by atoms with Gasteiger partial charge in [0.2, 0.25) is 5.91 Å². The molecular formula is C14H22N2O2. The van der Waals surface area contributed by atoms with Gasteiger partial charge in [-0.3, -0.25) is 4.79 Å². The number of para-hydroxylation sites is 1. The summed E-state index contributed by atoms with van der Waals surface area (Å²) in [7, 11) is 0. The third-order valence-corrected chi connectivity index (χ3v) is 2.91. The Morgan fingerprint density at radius 1 is 1.44 bits per heavy atom. The van der Waals surface area contributed by atoms with Crippen LogP contribution in [-0.2, 0) is 11.2 Å². The minimum atomic E-state index is -0.00967. The number of nitrogen functional groups attached to an aromatic ring is 1. The Balaban J connectivity index is 2.24. The Bertz CT molecular complexity index is 380. The van der Waals surface area contributed by atoms with Crippen molar-refractivity contribution in [1.29, 1.82) is 0 Å². The summed E-state index contributed by atoms with van der Waals surface area (Å²) in [4.78, 5) is 11.7. The van der Waals surface area contributed by atoms with E-state index in [9.17, 15) is 4.79 Å². The van der Waals surface area contributed by atoms with Crippen LogP contribution in [0, 0.1) is 5.92 Å². The van der Waals surface area contributed by atoms with Gasteiger partial charge in [0.15, 0.2) is 0 Å². The monoisotopic (exact) mass is 250 g/mol. The number of amides is 1. The van der Waals surface area contributed by atoms with Crippen LogP contribution in [-0.4, -0.2) is 24.2 Å². The smallest absolute Gasteiger partial charge is 0.224 e. The van der Waals surface area contributed by atoms with Crippen LogP contribution in [0.4, 0.5) is 5.69 Å². The predicted octanol–water partition coefficient (Wildman–Crippen LogP) is 1.34. The first-order chi connectivity index (χ1) is 8.63. The van der Waals surface area contributed by atoms with Crippen LogP contribution in [0.3, 0.4) is 0 Å². The van der Waals surface area contributed by atoms with Crippen molar-refractivity contribution >= 4 is 11.6 Å². The van der Waals surface area contributed by atoms with E-state index in [1.165, 1.54) is 0 Å². The topological polar surface area (TPSA) is 75.3 Å². The molecule has 100 valence electrons. The Morgan fingerprint density at radius 2 is 2.17 bits per heavy atom. The van der Waals surface area contributed by atoms with E-state index in [1.807, 2.05) is 25.1 Å². The van der Waals surface area contributed by atoms with Crippen LogP contribution in [0.15, 0.2) is 24.3 Å². The molecule has 0 aliphatic heterocycles. The molecule has 1 amide bonds. The van der Waals surface area contributed by atoms with E-state index >= 15 is 0 Å². The van der Waals surface area contributed by atoms with Gasteiger partial charge in [-0.1, -0.05) is 25.1 Å². The zero-order valence-electron chi connectivity index (χ0n) is 10.9. The summed E-state index contributed by atoms with van der Waals surface area (Å²) in [6.07, 6.45) is 2.13. The first-order valence-electron chi connectivity index (χ1n) is 6.34. The van der Waals surface area contributed by atoms with Gasteiger partial charge >= 0.3 is 0 Å². The van der Waals surface area contributed by atoms with Gasteiger partial charge in [0.1, 0.15) is 0 Å². The average molecular weight is 250 g/mol. The van der Waals surface area contributed by atoms with Crippen LogP contribution >= 0.6 is 0 Å². The lowest BCUT2D eigenvalue weighted by molar-refractivity contribution is -0.120. The van der Waals surface area contributed by atoms with Gasteiger partial charge in [-0.2, -0.15) is 0 Å². The summed E-state index contributed by atoms with van der Waals surface area (Å²) < 4.78 is 0. The first-order valence-corrected chi connectivity index (χ1v) is 6.34. The van der Waals surface area contributed by atoms with Gasteiger partial charge < -0.3 is 16.2 Å². The van der Waals surface area contributed by atoms with E-state index < -0.39 is 0 Å². The van der Waals surface area contributed by atoms with Crippen molar-refractivity contribution < 1.29 is 9.90 Å². The van der Waals surface area contributed by atoms with Gasteiger partial charge in [0.25, 0.3) is 0 Å². The molecular weight excluding hydrogens is 228 g/mol. The number of aliphatic hydroxyl groups excluding tert-OH is 1. The molecule has 1 rings (SSSR count). The number of nitrogens with one attached hydrogen (secondary N) is 1. The quantitative estimate of drug-likeness (QED) is 0.505. The van der Waals surface area contributed by atoms with Crippen LogP contribution in [0.25, 0.3) is 0 Å². The summed E-state index contributed by atoms with van der Waals surface area (Å²) in [6.45, 7) is 2.84. The number of hydrogen-bond acceptors (Lipinski definition) is 3. The second-order valence-electron chi connectivity index (χ2n) is 4.66. The third-order valence-electron chi connectivity index (χ3n) is 2.91. The van der Waals surface area contributed by atoms with Crippen LogP contribution in [0.2, 0.25) is 0 Å². The van der Waals surface area contributed by atoms with Crippen molar-refractivity contribution in [3.63, 3.8) is 0 Å². The number of aliphatic hydroxyl groups is 1. The number of carbonyl (C=O) groups excluding carboxylic acids is 1. The molecule has 0 aliphatic carbocycles.